The highest BCUT2D eigenvalue weighted by atomic mass is 16.5. The molecule has 1 N–H and O–H groups in total. The molecule has 0 aliphatic carbocycles. The van der Waals surface area contributed by atoms with E-state index < -0.39 is 0 Å². The number of hydrogen-bond acceptors (Lipinski definition) is 6. The Hall–Kier alpha value is -2.31. The lowest BCUT2D eigenvalue weighted by atomic mass is 10.1. The number of hydrogen-bond donors (Lipinski definition) is 1. The van der Waals surface area contributed by atoms with Crippen molar-refractivity contribution in [2.45, 2.75) is 25.9 Å². The topological polar surface area (TPSA) is 72.1 Å². The lowest BCUT2D eigenvalue weighted by Gasteiger charge is -2.29. The standard InChI is InChI=1S/C19H25NO5/c1-3-24-19(22)14-20(13-15-6-8-16(23-2)9-7-15)17(10-11-21)18-5-4-12-25-18/h4-9,12,17,21H,3,10-11,13-14H2,1-2H3/t17-/m1/s1. The van der Waals surface area contributed by atoms with E-state index in [0.717, 1.165) is 11.3 Å². The Labute approximate surface area is 148 Å². The predicted molar refractivity (Wildman–Crippen MR) is 93.2 cm³/mol. The minimum absolute atomic E-state index is 0.00664. The molecule has 0 amide bonds. The molecule has 0 aliphatic heterocycles. The molecule has 0 spiro atoms. The maximum atomic E-state index is 12.0. The van der Waals surface area contributed by atoms with Gasteiger partial charge < -0.3 is 19.0 Å². The number of rotatable bonds is 10. The monoisotopic (exact) mass is 347 g/mol. The van der Waals surface area contributed by atoms with Crippen LogP contribution in [-0.2, 0) is 16.1 Å². The Kier molecular flexibility index (Phi) is 7.50. The van der Waals surface area contributed by atoms with E-state index in [1.54, 1.807) is 26.4 Å². The molecule has 6 heteroatoms. The zero-order valence-electron chi connectivity index (χ0n) is 14.7. The largest absolute Gasteiger partial charge is 0.497 e. The van der Waals surface area contributed by atoms with E-state index in [4.69, 9.17) is 13.9 Å². The first-order valence-corrected chi connectivity index (χ1v) is 8.34. The van der Waals surface area contributed by atoms with Crippen LogP contribution >= 0.6 is 0 Å². The predicted octanol–water partition coefficient (Wildman–Crippen LogP) is 2.78. The smallest absolute Gasteiger partial charge is 0.320 e. The van der Waals surface area contributed by atoms with Gasteiger partial charge in [-0.15, -0.1) is 0 Å². The first-order valence-electron chi connectivity index (χ1n) is 8.34. The first kappa shape index (κ1) is 19.0. The van der Waals surface area contributed by atoms with Crippen molar-refractivity contribution in [3.8, 4) is 5.75 Å². The number of aliphatic hydroxyl groups is 1. The molecule has 0 radical (unpaired) electrons. The van der Waals surface area contributed by atoms with E-state index >= 15 is 0 Å². The molecule has 1 aromatic heterocycles. The SMILES string of the molecule is CCOC(=O)CN(Cc1ccc(OC)cc1)[C@H](CCO)c1ccco1. The Balaban J connectivity index is 2.21. The van der Waals surface area contributed by atoms with Gasteiger partial charge in [0.15, 0.2) is 0 Å². The van der Waals surface area contributed by atoms with E-state index in [9.17, 15) is 9.90 Å². The molecule has 2 aromatic rings. The molecule has 1 heterocycles. The van der Waals surface area contributed by atoms with Crippen molar-refractivity contribution in [3.05, 3.63) is 54.0 Å². The van der Waals surface area contributed by atoms with E-state index in [0.29, 0.717) is 25.3 Å². The van der Waals surface area contributed by atoms with Gasteiger partial charge in [0.2, 0.25) is 0 Å². The van der Waals surface area contributed by atoms with Crippen molar-refractivity contribution in [2.24, 2.45) is 0 Å². The number of furan rings is 1. The molecular weight excluding hydrogens is 322 g/mol. The lowest BCUT2D eigenvalue weighted by Crippen LogP contribution is -2.34. The number of aliphatic hydroxyl groups excluding tert-OH is 1. The second-order valence-electron chi connectivity index (χ2n) is 5.60. The molecule has 0 fully saturated rings. The number of carbonyl (C=O) groups excluding carboxylic acids is 1. The Morgan fingerprint density at radius 2 is 2.04 bits per heavy atom. The molecule has 0 bridgehead atoms. The summed E-state index contributed by atoms with van der Waals surface area (Å²) in [7, 11) is 1.62. The normalized spacial score (nSPS) is 12.2. The van der Waals surface area contributed by atoms with E-state index in [1.807, 2.05) is 35.2 Å². The fraction of sp³-hybridized carbons (Fsp3) is 0.421. The quantitative estimate of drug-likeness (QED) is 0.666. The molecule has 0 saturated carbocycles. The van der Waals surface area contributed by atoms with Crippen LogP contribution in [0.4, 0.5) is 0 Å². The van der Waals surface area contributed by atoms with Gasteiger partial charge >= 0.3 is 5.97 Å². The lowest BCUT2D eigenvalue weighted by molar-refractivity contribution is -0.145. The summed E-state index contributed by atoms with van der Waals surface area (Å²) in [5.74, 6) is 1.19. The van der Waals surface area contributed by atoms with Crippen LogP contribution < -0.4 is 4.74 Å². The second kappa shape index (κ2) is 9.86. The van der Waals surface area contributed by atoms with Gasteiger partial charge in [-0.3, -0.25) is 9.69 Å². The van der Waals surface area contributed by atoms with Crippen LogP contribution in [-0.4, -0.2) is 42.8 Å². The summed E-state index contributed by atoms with van der Waals surface area (Å²) in [6.45, 7) is 2.75. The van der Waals surface area contributed by atoms with Gasteiger partial charge in [-0.2, -0.15) is 0 Å². The molecular formula is C19H25NO5. The summed E-state index contributed by atoms with van der Waals surface area (Å²) in [6.07, 6.45) is 2.05. The van der Waals surface area contributed by atoms with Crippen molar-refractivity contribution in [1.82, 2.24) is 4.90 Å². The first-order chi connectivity index (χ1) is 12.2. The van der Waals surface area contributed by atoms with Gasteiger partial charge in [-0.1, -0.05) is 12.1 Å². The zero-order chi connectivity index (χ0) is 18.1. The van der Waals surface area contributed by atoms with Crippen LogP contribution in [0.1, 0.15) is 30.7 Å². The van der Waals surface area contributed by atoms with Crippen molar-refractivity contribution in [3.63, 3.8) is 0 Å². The maximum absolute atomic E-state index is 12.0. The van der Waals surface area contributed by atoms with Crippen LogP contribution in [0.15, 0.2) is 47.1 Å². The summed E-state index contributed by atoms with van der Waals surface area (Å²) in [6, 6.07) is 11.1. The summed E-state index contributed by atoms with van der Waals surface area (Å²) in [5.41, 5.74) is 1.03. The van der Waals surface area contributed by atoms with Gasteiger partial charge in [-0.05, 0) is 43.2 Å². The Morgan fingerprint density at radius 3 is 2.60 bits per heavy atom. The van der Waals surface area contributed by atoms with Crippen molar-refractivity contribution >= 4 is 5.97 Å². The molecule has 0 aliphatic rings. The third kappa shape index (κ3) is 5.62. The third-order valence-corrected chi connectivity index (χ3v) is 3.90. The van der Waals surface area contributed by atoms with E-state index in [2.05, 4.69) is 0 Å². The fourth-order valence-corrected chi connectivity index (χ4v) is 2.72. The number of ether oxygens (including phenoxy) is 2. The second-order valence-corrected chi connectivity index (χ2v) is 5.60. The van der Waals surface area contributed by atoms with Crippen molar-refractivity contribution in [2.75, 3.05) is 26.9 Å². The molecule has 0 saturated heterocycles. The van der Waals surface area contributed by atoms with Crippen LogP contribution in [0, 0.1) is 0 Å². The number of benzene rings is 1. The van der Waals surface area contributed by atoms with Gasteiger partial charge in [0.1, 0.15) is 11.5 Å². The molecule has 25 heavy (non-hydrogen) atoms. The maximum Gasteiger partial charge on any atom is 0.320 e. The van der Waals surface area contributed by atoms with Crippen molar-refractivity contribution < 1.29 is 23.8 Å². The van der Waals surface area contributed by atoms with Crippen LogP contribution in [0.25, 0.3) is 0 Å². The van der Waals surface area contributed by atoms with E-state index in [-0.39, 0.29) is 25.2 Å². The molecule has 1 aromatic carbocycles. The van der Waals surface area contributed by atoms with Gasteiger partial charge in [0.25, 0.3) is 0 Å². The van der Waals surface area contributed by atoms with Crippen molar-refractivity contribution in [1.29, 1.82) is 0 Å². The summed E-state index contributed by atoms with van der Waals surface area (Å²) < 4.78 is 15.8. The molecule has 0 unspecified atom stereocenters. The number of carbonyl (C=O) groups is 1. The molecule has 6 nitrogen and oxygen atoms in total. The number of esters is 1. The van der Waals surface area contributed by atoms with E-state index in [1.165, 1.54) is 0 Å². The van der Waals surface area contributed by atoms with Gasteiger partial charge in [0, 0.05) is 13.2 Å². The van der Waals surface area contributed by atoms with Crippen LogP contribution in [0.2, 0.25) is 0 Å². The molecule has 136 valence electrons. The molecule has 1 atom stereocenters. The third-order valence-electron chi connectivity index (χ3n) is 3.90. The minimum atomic E-state index is -0.300. The highest BCUT2D eigenvalue weighted by Crippen LogP contribution is 2.27. The summed E-state index contributed by atoms with van der Waals surface area (Å²) in [4.78, 5) is 14.0. The van der Waals surface area contributed by atoms with Crippen LogP contribution in [0.5, 0.6) is 5.75 Å². The Bertz CT molecular complexity index is 624. The van der Waals surface area contributed by atoms with Crippen LogP contribution in [0.3, 0.4) is 0 Å². The van der Waals surface area contributed by atoms with Gasteiger partial charge in [0.05, 0.1) is 32.6 Å². The molecule has 2 rings (SSSR count). The van der Waals surface area contributed by atoms with Gasteiger partial charge in [-0.25, -0.2) is 0 Å². The minimum Gasteiger partial charge on any atom is -0.497 e. The average Bonchev–Trinajstić information content (AvgIpc) is 3.14. The highest BCUT2D eigenvalue weighted by molar-refractivity contribution is 5.71. The zero-order valence-corrected chi connectivity index (χ0v) is 14.7. The summed E-state index contributed by atoms with van der Waals surface area (Å²) in [5, 5.41) is 9.46. The highest BCUT2D eigenvalue weighted by Gasteiger charge is 2.25. The number of methoxy groups -OCH3 is 1. The fourth-order valence-electron chi connectivity index (χ4n) is 2.72. The average molecular weight is 347 g/mol. The summed E-state index contributed by atoms with van der Waals surface area (Å²) >= 11 is 0. The number of nitrogens with zero attached hydrogens (tertiary/aromatic N) is 1. The Morgan fingerprint density at radius 1 is 1.28 bits per heavy atom.